The Morgan fingerprint density at radius 2 is 1.96 bits per heavy atom. The largest absolute Gasteiger partial charge is 0.440 e. The van der Waals surface area contributed by atoms with Crippen molar-refractivity contribution in [3.8, 4) is 0 Å². The van der Waals surface area contributed by atoms with Crippen LogP contribution in [0.25, 0.3) is 11.1 Å². The predicted octanol–water partition coefficient (Wildman–Crippen LogP) is 3.96. The Morgan fingerprint density at radius 3 is 2.68 bits per heavy atom. The van der Waals surface area contributed by atoms with Gasteiger partial charge in [0.15, 0.2) is 11.5 Å². The van der Waals surface area contributed by atoms with Gasteiger partial charge in [-0.3, -0.25) is 4.79 Å². The monoisotopic (exact) mass is 357 g/mol. The Hall–Kier alpha value is -2.37. The lowest BCUT2D eigenvalue weighted by molar-refractivity contribution is -0.116. The van der Waals surface area contributed by atoms with E-state index in [0.717, 1.165) is 16.8 Å². The molecule has 0 unspecified atom stereocenters. The van der Waals surface area contributed by atoms with Crippen LogP contribution in [0, 0.1) is 0 Å². The lowest BCUT2D eigenvalue weighted by atomic mass is 10.1. The zero-order chi connectivity index (χ0) is 17.8. The molecule has 3 rings (SSSR count). The summed E-state index contributed by atoms with van der Waals surface area (Å²) in [4.78, 5) is 18.4. The van der Waals surface area contributed by atoms with Gasteiger partial charge in [0.05, 0.1) is 0 Å². The van der Waals surface area contributed by atoms with Gasteiger partial charge in [0.1, 0.15) is 5.52 Å². The van der Waals surface area contributed by atoms with Gasteiger partial charge in [0.25, 0.3) is 0 Å². The molecule has 6 heteroatoms. The average Bonchev–Trinajstić information content (AvgIpc) is 2.96. The third-order valence-corrected chi connectivity index (χ3v) is 4.02. The van der Waals surface area contributed by atoms with Crippen molar-refractivity contribution in [1.82, 2.24) is 9.88 Å². The van der Waals surface area contributed by atoms with Gasteiger partial charge < -0.3 is 14.6 Å². The molecule has 0 aliphatic carbocycles. The molecule has 1 aromatic heterocycles. The van der Waals surface area contributed by atoms with Crippen LogP contribution in [0.15, 0.2) is 46.9 Å². The Bertz CT molecular complexity index is 872. The summed E-state index contributed by atoms with van der Waals surface area (Å²) >= 11 is 5.90. The van der Waals surface area contributed by atoms with Crippen molar-refractivity contribution in [2.24, 2.45) is 0 Å². The van der Waals surface area contributed by atoms with E-state index in [-0.39, 0.29) is 5.91 Å². The second kappa shape index (κ2) is 7.68. The maximum Gasteiger partial charge on any atom is 0.225 e. The normalized spacial score (nSPS) is 11.2. The lowest BCUT2D eigenvalue weighted by Gasteiger charge is -2.09. The first-order chi connectivity index (χ1) is 12.0. The molecule has 3 aromatic rings. The van der Waals surface area contributed by atoms with E-state index in [1.807, 2.05) is 61.5 Å². The number of benzene rings is 2. The first kappa shape index (κ1) is 17.5. The zero-order valence-corrected chi connectivity index (χ0v) is 15.0. The number of nitrogens with one attached hydrogen (secondary N) is 1. The highest BCUT2D eigenvalue weighted by Gasteiger charge is 2.09. The lowest BCUT2D eigenvalue weighted by Crippen LogP contribution is -2.20. The highest BCUT2D eigenvalue weighted by Crippen LogP contribution is 2.22. The van der Waals surface area contributed by atoms with Gasteiger partial charge in [-0.1, -0.05) is 23.7 Å². The third-order valence-electron chi connectivity index (χ3n) is 3.77. The van der Waals surface area contributed by atoms with E-state index >= 15 is 0 Å². The van der Waals surface area contributed by atoms with Crippen molar-refractivity contribution in [1.29, 1.82) is 0 Å². The van der Waals surface area contributed by atoms with Crippen LogP contribution in [0.1, 0.15) is 17.9 Å². The van der Waals surface area contributed by atoms with Gasteiger partial charge in [-0.15, -0.1) is 0 Å². The summed E-state index contributed by atoms with van der Waals surface area (Å²) in [7, 11) is 3.88. The van der Waals surface area contributed by atoms with Gasteiger partial charge >= 0.3 is 0 Å². The minimum absolute atomic E-state index is 0.0158. The number of amides is 1. The smallest absolute Gasteiger partial charge is 0.225 e. The first-order valence-electron chi connectivity index (χ1n) is 8.08. The molecule has 5 nitrogen and oxygen atoms in total. The van der Waals surface area contributed by atoms with Gasteiger partial charge in [-0.2, -0.15) is 0 Å². The van der Waals surface area contributed by atoms with Crippen molar-refractivity contribution in [3.05, 3.63) is 58.9 Å². The number of nitrogens with zero attached hydrogens (tertiary/aromatic N) is 2. The molecule has 1 amide bonds. The van der Waals surface area contributed by atoms with Crippen LogP contribution >= 0.6 is 11.6 Å². The second-order valence-electron chi connectivity index (χ2n) is 6.19. The standard InChI is InChI=1S/C19H20ClN3O2/c1-23(2)10-9-18(24)21-15-7-8-17-16(12-15)22-19(25-17)11-13-3-5-14(20)6-4-13/h3-8,12H,9-11H2,1-2H3,(H,21,24). The van der Waals surface area contributed by atoms with Crippen molar-refractivity contribution >= 4 is 34.3 Å². The SMILES string of the molecule is CN(C)CCC(=O)Nc1ccc2oc(Cc3ccc(Cl)cc3)nc2c1. The van der Waals surface area contributed by atoms with Crippen LogP contribution in [-0.4, -0.2) is 36.4 Å². The van der Waals surface area contributed by atoms with Crippen LogP contribution < -0.4 is 5.32 Å². The first-order valence-corrected chi connectivity index (χ1v) is 8.46. The van der Waals surface area contributed by atoms with Crippen LogP contribution in [-0.2, 0) is 11.2 Å². The highest BCUT2D eigenvalue weighted by atomic mass is 35.5. The zero-order valence-electron chi connectivity index (χ0n) is 14.3. The summed E-state index contributed by atoms with van der Waals surface area (Å²) in [5, 5.41) is 3.60. The summed E-state index contributed by atoms with van der Waals surface area (Å²) in [5.74, 6) is 0.617. The molecule has 25 heavy (non-hydrogen) atoms. The molecule has 0 fully saturated rings. The maximum absolute atomic E-state index is 11.9. The molecule has 0 radical (unpaired) electrons. The molecule has 0 aliphatic heterocycles. The van der Waals surface area contributed by atoms with Crippen molar-refractivity contribution < 1.29 is 9.21 Å². The number of anilines is 1. The number of carbonyl (C=O) groups is 1. The van der Waals surface area contributed by atoms with Crippen molar-refractivity contribution in [2.75, 3.05) is 26.0 Å². The number of aromatic nitrogens is 1. The fraction of sp³-hybridized carbons (Fsp3) is 0.263. The molecule has 0 saturated heterocycles. The molecule has 0 bridgehead atoms. The molecule has 2 aromatic carbocycles. The molecular weight excluding hydrogens is 338 g/mol. The molecule has 130 valence electrons. The van der Waals surface area contributed by atoms with E-state index < -0.39 is 0 Å². The number of oxazole rings is 1. The Kier molecular flexibility index (Phi) is 5.36. The predicted molar refractivity (Wildman–Crippen MR) is 100 cm³/mol. The Labute approximate surface area is 151 Å². The average molecular weight is 358 g/mol. The van der Waals surface area contributed by atoms with Crippen molar-refractivity contribution in [3.63, 3.8) is 0 Å². The molecule has 1 heterocycles. The van der Waals surface area contributed by atoms with Crippen LogP contribution in [0.4, 0.5) is 5.69 Å². The fourth-order valence-electron chi connectivity index (χ4n) is 2.45. The van der Waals surface area contributed by atoms with E-state index in [1.54, 1.807) is 0 Å². The van der Waals surface area contributed by atoms with E-state index in [9.17, 15) is 4.79 Å². The summed E-state index contributed by atoms with van der Waals surface area (Å²) in [6, 6.07) is 13.1. The minimum atomic E-state index is -0.0158. The Balaban J connectivity index is 1.70. The fourth-order valence-corrected chi connectivity index (χ4v) is 2.58. The highest BCUT2D eigenvalue weighted by molar-refractivity contribution is 6.30. The van der Waals surface area contributed by atoms with E-state index in [1.165, 1.54) is 0 Å². The number of hydrogen-bond donors (Lipinski definition) is 1. The van der Waals surface area contributed by atoms with E-state index in [4.69, 9.17) is 16.0 Å². The van der Waals surface area contributed by atoms with E-state index in [2.05, 4.69) is 10.3 Å². The summed E-state index contributed by atoms with van der Waals surface area (Å²) in [5.41, 5.74) is 3.24. The summed E-state index contributed by atoms with van der Waals surface area (Å²) in [6.07, 6.45) is 1.04. The van der Waals surface area contributed by atoms with Crippen molar-refractivity contribution in [2.45, 2.75) is 12.8 Å². The van der Waals surface area contributed by atoms with Gasteiger partial charge in [0.2, 0.25) is 5.91 Å². The molecule has 0 aliphatic rings. The molecule has 0 atom stereocenters. The summed E-state index contributed by atoms with van der Waals surface area (Å²) < 4.78 is 5.78. The van der Waals surface area contributed by atoms with Gasteiger partial charge in [-0.25, -0.2) is 4.98 Å². The number of fused-ring (bicyclic) bond motifs is 1. The molecular formula is C19H20ClN3O2. The quantitative estimate of drug-likeness (QED) is 0.725. The van der Waals surface area contributed by atoms with E-state index in [0.29, 0.717) is 35.9 Å². The molecule has 1 N–H and O–H groups in total. The maximum atomic E-state index is 11.9. The summed E-state index contributed by atoms with van der Waals surface area (Å²) in [6.45, 7) is 0.712. The minimum Gasteiger partial charge on any atom is -0.440 e. The Morgan fingerprint density at radius 1 is 1.20 bits per heavy atom. The van der Waals surface area contributed by atoms with Crippen LogP contribution in [0.3, 0.4) is 0 Å². The third kappa shape index (κ3) is 4.81. The number of hydrogen-bond acceptors (Lipinski definition) is 4. The molecule has 0 saturated carbocycles. The molecule has 0 spiro atoms. The van der Waals surface area contributed by atoms with Gasteiger partial charge in [0, 0.05) is 30.1 Å². The number of carbonyl (C=O) groups excluding carboxylic acids is 1. The second-order valence-corrected chi connectivity index (χ2v) is 6.63. The van der Waals surface area contributed by atoms with Crippen LogP contribution in [0.5, 0.6) is 0 Å². The van der Waals surface area contributed by atoms with Crippen LogP contribution in [0.2, 0.25) is 5.02 Å². The number of halogens is 1. The topological polar surface area (TPSA) is 58.4 Å². The van der Waals surface area contributed by atoms with Gasteiger partial charge in [-0.05, 0) is 50.0 Å². The number of rotatable bonds is 6.